The zero-order chi connectivity index (χ0) is 14.4. The molecule has 3 N–H and O–H groups in total. The van der Waals surface area contributed by atoms with E-state index in [-0.39, 0.29) is 12.1 Å². The Kier molecular flexibility index (Phi) is 6.27. The first-order chi connectivity index (χ1) is 9.67. The van der Waals surface area contributed by atoms with Crippen LogP contribution in [0.15, 0.2) is 0 Å². The van der Waals surface area contributed by atoms with Gasteiger partial charge in [0, 0.05) is 18.1 Å². The Morgan fingerprint density at radius 1 is 1.20 bits per heavy atom. The second kappa shape index (κ2) is 7.74. The van der Waals surface area contributed by atoms with Gasteiger partial charge in [-0.25, -0.2) is 0 Å². The predicted octanol–water partition coefficient (Wildman–Crippen LogP) is 1.43. The van der Waals surface area contributed by atoms with Crippen LogP contribution in [-0.4, -0.2) is 65.8 Å². The highest BCUT2D eigenvalue weighted by Crippen LogP contribution is 2.21. The van der Waals surface area contributed by atoms with E-state index in [0.717, 1.165) is 31.8 Å². The SMILES string of the molecule is CCC(N)(CO)CCCN1CCC(N2CCCCC2)C1. The van der Waals surface area contributed by atoms with E-state index in [1.807, 2.05) is 0 Å². The van der Waals surface area contributed by atoms with Gasteiger partial charge in [-0.15, -0.1) is 0 Å². The molecule has 2 aliphatic heterocycles. The zero-order valence-electron chi connectivity index (χ0n) is 13.2. The van der Waals surface area contributed by atoms with Crippen molar-refractivity contribution in [3.05, 3.63) is 0 Å². The first-order valence-corrected chi connectivity index (χ1v) is 8.53. The van der Waals surface area contributed by atoms with E-state index < -0.39 is 0 Å². The average molecular weight is 283 g/mol. The highest BCUT2D eigenvalue weighted by molar-refractivity contribution is 4.86. The minimum absolute atomic E-state index is 0.111. The summed E-state index contributed by atoms with van der Waals surface area (Å²) < 4.78 is 0. The van der Waals surface area contributed by atoms with Crippen molar-refractivity contribution in [2.75, 3.05) is 39.3 Å². The van der Waals surface area contributed by atoms with Gasteiger partial charge in [-0.1, -0.05) is 13.3 Å². The molecule has 2 unspecified atom stereocenters. The fourth-order valence-corrected chi connectivity index (χ4v) is 3.62. The highest BCUT2D eigenvalue weighted by atomic mass is 16.3. The van der Waals surface area contributed by atoms with Gasteiger partial charge in [0.2, 0.25) is 0 Å². The molecule has 2 atom stereocenters. The highest BCUT2D eigenvalue weighted by Gasteiger charge is 2.28. The Morgan fingerprint density at radius 3 is 2.60 bits per heavy atom. The molecule has 0 aromatic heterocycles. The molecule has 4 heteroatoms. The Labute approximate surface area is 124 Å². The van der Waals surface area contributed by atoms with E-state index in [1.54, 1.807) is 0 Å². The smallest absolute Gasteiger partial charge is 0.0611 e. The summed E-state index contributed by atoms with van der Waals surface area (Å²) in [5.74, 6) is 0. The van der Waals surface area contributed by atoms with Gasteiger partial charge < -0.3 is 15.7 Å². The monoisotopic (exact) mass is 283 g/mol. The topological polar surface area (TPSA) is 52.7 Å². The van der Waals surface area contributed by atoms with Crippen LogP contribution >= 0.6 is 0 Å². The van der Waals surface area contributed by atoms with Crippen molar-refractivity contribution in [3.8, 4) is 0 Å². The second-order valence-electron chi connectivity index (χ2n) is 6.82. The van der Waals surface area contributed by atoms with Crippen LogP contribution in [0.2, 0.25) is 0 Å². The third kappa shape index (κ3) is 4.42. The van der Waals surface area contributed by atoms with Gasteiger partial charge in [-0.05, 0) is 64.7 Å². The van der Waals surface area contributed by atoms with Crippen LogP contribution in [0.5, 0.6) is 0 Å². The predicted molar refractivity (Wildman–Crippen MR) is 83.8 cm³/mol. The summed E-state index contributed by atoms with van der Waals surface area (Å²) in [6.45, 7) is 8.42. The molecule has 2 saturated heterocycles. The molecule has 0 aromatic rings. The molecule has 0 radical (unpaired) electrons. The Hall–Kier alpha value is -0.160. The second-order valence-corrected chi connectivity index (χ2v) is 6.82. The van der Waals surface area contributed by atoms with Gasteiger partial charge in [-0.2, -0.15) is 0 Å². The quantitative estimate of drug-likeness (QED) is 0.742. The van der Waals surface area contributed by atoms with Crippen molar-refractivity contribution in [2.45, 2.75) is 63.5 Å². The maximum absolute atomic E-state index is 9.34. The number of hydrogen-bond donors (Lipinski definition) is 2. The van der Waals surface area contributed by atoms with Crippen LogP contribution < -0.4 is 5.73 Å². The number of aliphatic hydroxyl groups excluding tert-OH is 1. The number of piperidine rings is 1. The summed E-state index contributed by atoms with van der Waals surface area (Å²) in [4.78, 5) is 5.29. The van der Waals surface area contributed by atoms with E-state index in [9.17, 15) is 5.11 Å². The number of nitrogens with zero attached hydrogens (tertiary/aromatic N) is 2. The van der Waals surface area contributed by atoms with Gasteiger partial charge >= 0.3 is 0 Å². The molecule has 2 rings (SSSR count). The summed E-state index contributed by atoms with van der Waals surface area (Å²) in [5, 5.41) is 9.34. The Bertz CT molecular complexity index is 275. The molecule has 2 heterocycles. The number of hydrogen-bond acceptors (Lipinski definition) is 4. The molecule has 0 saturated carbocycles. The fraction of sp³-hybridized carbons (Fsp3) is 1.00. The van der Waals surface area contributed by atoms with Gasteiger partial charge in [0.05, 0.1) is 6.61 Å². The number of likely N-dealkylation sites (tertiary alicyclic amines) is 2. The van der Waals surface area contributed by atoms with Gasteiger partial charge in [0.25, 0.3) is 0 Å². The van der Waals surface area contributed by atoms with Crippen LogP contribution in [0.25, 0.3) is 0 Å². The van der Waals surface area contributed by atoms with Crippen LogP contribution in [-0.2, 0) is 0 Å². The molecular formula is C16H33N3O. The minimum Gasteiger partial charge on any atom is -0.394 e. The van der Waals surface area contributed by atoms with Gasteiger partial charge in [-0.3, -0.25) is 4.90 Å². The Balaban J connectivity index is 1.65. The van der Waals surface area contributed by atoms with E-state index in [0.29, 0.717) is 0 Å². The normalized spacial score (nSPS) is 28.6. The summed E-state index contributed by atoms with van der Waals surface area (Å²) in [5.41, 5.74) is 5.79. The molecule has 2 fully saturated rings. The standard InChI is InChI=1S/C16H33N3O/c1-2-16(17,14-20)8-6-9-18-12-7-15(13-18)19-10-4-3-5-11-19/h15,20H,2-14,17H2,1H3. The maximum Gasteiger partial charge on any atom is 0.0611 e. The van der Waals surface area contributed by atoms with Crippen molar-refractivity contribution in [2.24, 2.45) is 5.73 Å². The molecule has 0 bridgehead atoms. The van der Waals surface area contributed by atoms with Crippen molar-refractivity contribution >= 4 is 0 Å². The lowest BCUT2D eigenvalue weighted by molar-refractivity contribution is 0.157. The van der Waals surface area contributed by atoms with E-state index >= 15 is 0 Å². The molecule has 0 aromatic carbocycles. The first kappa shape index (κ1) is 16.2. The van der Waals surface area contributed by atoms with Gasteiger partial charge in [0.1, 0.15) is 0 Å². The van der Waals surface area contributed by atoms with Crippen LogP contribution in [0.4, 0.5) is 0 Å². The molecule has 0 aliphatic carbocycles. The molecule has 4 nitrogen and oxygen atoms in total. The molecule has 118 valence electrons. The molecular weight excluding hydrogens is 250 g/mol. The lowest BCUT2D eigenvalue weighted by Crippen LogP contribution is -2.44. The zero-order valence-corrected chi connectivity index (χ0v) is 13.2. The third-order valence-electron chi connectivity index (χ3n) is 5.32. The van der Waals surface area contributed by atoms with Crippen molar-refractivity contribution in [3.63, 3.8) is 0 Å². The number of nitrogens with two attached hydrogens (primary N) is 1. The molecule has 0 amide bonds. The minimum atomic E-state index is -0.355. The van der Waals surface area contributed by atoms with Crippen molar-refractivity contribution in [1.29, 1.82) is 0 Å². The summed E-state index contributed by atoms with van der Waals surface area (Å²) in [7, 11) is 0. The molecule has 20 heavy (non-hydrogen) atoms. The van der Waals surface area contributed by atoms with Crippen LogP contribution in [0, 0.1) is 0 Å². The number of aliphatic hydroxyl groups is 1. The van der Waals surface area contributed by atoms with E-state index in [1.165, 1.54) is 51.9 Å². The lowest BCUT2D eigenvalue weighted by Gasteiger charge is -2.32. The largest absolute Gasteiger partial charge is 0.394 e. The van der Waals surface area contributed by atoms with E-state index in [4.69, 9.17) is 5.73 Å². The lowest BCUT2D eigenvalue weighted by atomic mass is 9.92. The Morgan fingerprint density at radius 2 is 1.95 bits per heavy atom. The third-order valence-corrected chi connectivity index (χ3v) is 5.32. The van der Waals surface area contributed by atoms with Gasteiger partial charge in [0.15, 0.2) is 0 Å². The average Bonchev–Trinajstić information content (AvgIpc) is 2.97. The summed E-state index contributed by atoms with van der Waals surface area (Å²) in [6.07, 6.45) is 8.44. The fourth-order valence-electron chi connectivity index (χ4n) is 3.62. The summed E-state index contributed by atoms with van der Waals surface area (Å²) >= 11 is 0. The van der Waals surface area contributed by atoms with Crippen LogP contribution in [0.1, 0.15) is 51.9 Å². The number of rotatable bonds is 7. The van der Waals surface area contributed by atoms with Crippen molar-refractivity contribution in [1.82, 2.24) is 9.80 Å². The van der Waals surface area contributed by atoms with Crippen molar-refractivity contribution < 1.29 is 5.11 Å². The maximum atomic E-state index is 9.34. The molecule has 0 spiro atoms. The molecule has 2 aliphatic rings. The summed E-state index contributed by atoms with van der Waals surface area (Å²) in [6, 6.07) is 0.793. The van der Waals surface area contributed by atoms with E-state index in [2.05, 4.69) is 16.7 Å². The van der Waals surface area contributed by atoms with Crippen LogP contribution in [0.3, 0.4) is 0 Å². The first-order valence-electron chi connectivity index (χ1n) is 8.53.